The van der Waals surface area contributed by atoms with Crippen molar-refractivity contribution in [2.24, 2.45) is 0 Å². The van der Waals surface area contributed by atoms with Crippen LogP contribution >= 0.6 is 15.9 Å². The summed E-state index contributed by atoms with van der Waals surface area (Å²) in [6.45, 7) is 0.734. The van der Waals surface area contributed by atoms with Gasteiger partial charge in [-0.2, -0.15) is 0 Å². The molecule has 0 aliphatic carbocycles. The highest BCUT2D eigenvalue weighted by atomic mass is 79.9. The predicted molar refractivity (Wildman–Crippen MR) is 119 cm³/mol. The highest BCUT2D eigenvalue weighted by Crippen LogP contribution is 2.34. The van der Waals surface area contributed by atoms with Gasteiger partial charge >= 0.3 is 5.69 Å². The Morgan fingerprint density at radius 3 is 2.68 bits per heavy atom. The number of aromatic amines is 2. The number of H-pyrrole nitrogens is 2. The maximum Gasteiger partial charge on any atom is 0.335 e. The van der Waals surface area contributed by atoms with Crippen molar-refractivity contribution in [3.8, 4) is 17.3 Å². The summed E-state index contributed by atoms with van der Waals surface area (Å²) in [4.78, 5) is 31.2. The number of methoxy groups -OCH3 is 1. The van der Waals surface area contributed by atoms with Crippen molar-refractivity contribution in [3.05, 3.63) is 84.6 Å². The van der Waals surface area contributed by atoms with Crippen LogP contribution in [0, 0.1) is 0 Å². The molecule has 0 unspecified atom stereocenters. The molecule has 0 saturated carbocycles. The Balaban J connectivity index is 1.72. The number of nitrogens with zero attached hydrogens (tertiary/aromatic N) is 1. The number of hydrogen-bond acceptors (Lipinski definition) is 4. The van der Waals surface area contributed by atoms with E-state index in [2.05, 4.69) is 25.9 Å². The molecular weight excluding hydrogens is 464 g/mol. The van der Waals surface area contributed by atoms with Crippen molar-refractivity contribution < 1.29 is 15.2 Å². The van der Waals surface area contributed by atoms with Crippen LogP contribution in [0.1, 0.15) is 22.9 Å². The van der Waals surface area contributed by atoms with Gasteiger partial charge in [-0.05, 0) is 48.0 Å². The third-order valence-corrected chi connectivity index (χ3v) is 6.30. The summed E-state index contributed by atoms with van der Waals surface area (Å²) in [5.74, 6) is 0.395. The Labute approximate surface area is 184 Å². The molecule has 0 saturated heterocycles. The predicted octanol–water partition coefficient (Wildman–Crippen LogP) is 1.69. The van der Waals surface area contributed by atoms with Gasteiger partial charge < -0.3 is 20.1 Å². The van der Waals surface area contributed by atoms with E-state index < -0.39 is 17.3 Å². The molecule has 0 amide bonds. The maximum absolute atomic E-state index is 12.8. The summed E-state index contributed by atoms with van der Waals surface area (Å²) in [5.41, 5.74) is 2.18. The zero-order valence-electron chi connectivity index (χ0n) is 16.6. The van der Waals surface area contributed by atoms with Crippen molar-refractivity contribution >= 4 is 26.8 Å². The zero-order valence-corrected chi connectivity index (χ0v) is 18.2. The van der Waals surface area contributed by atoms with Gasteiger partial charge in [0.25, 0.3) is 5.56 Å². The van der Waals surface area contributed by atoms with Crippen molar-refractivity contribution in [2.45, 2.75) is 12.5 Å². The van der Waals surface area contributed by atoms with Gasteiger partial charge in [-0.15, -0.1) is 0 Å². The number of nitrogens with one attached hydrogen (secondary N) is 2. The molecule has 0 radical (unpaired) electrons. The van der Waals surface area contributed by atoms with Gasteiger partial charge in [0.2, 0.25) is 5.88 Å². The minimum Gasteiger partial charge on any atom is -0.497 e. The quantitative estimate of drug-likeness (QED) is 0.354. The number of halogens is 1. The van der Waals surface area contributed by atoms with Crippen LogP contribution in [-0.2, 0) is 6.42 Å². The van der Waals surface area contributed by atoms with Crippen molar-refractivity contribution in [3.63, 3.8) is 0 Å². The van der Waals surface area contributed by atoms with Crippen LogP contribution in [0.4, 0.5) is 0 Å². The molecule has 3 heterocycles. The lowest BCUT2D eigenvalue weighted by Crippen LogP contribution is -2.87. The molecule has 1 atom stereocenters. The van der Waals surface area contributed by atoms with Gasteiger partial charge in [-0.3, -0.25) is 9.78 Å². The highest BCUT2D eigenvalue weighted by Gasteiger charge is 2.34. The van der Waals surface area contributed by atoms with Gasteiger partial charge in [0.1, 0.15) is 11.3 Å². The fraction of sp³-hybridized carbons (Fsp3) is 0.182. The molecule has 2 aromatic carbocycles. The molecule has 158 valence electrons. The van der Waals surface area contributed by atoms with E-state index in [9.17, 15) is 14.7 Å². The van der Waals surface area contributed by atoms with Crippen molar-refractivity contribution in [2.75, 3.05) is 13.7 Å². The average molecular weight is 484 g/mol. The number of rotatable bonds is 3. The number of fused-ring (bicyclic) bond motifs is 3. The molecule has 1 aliphatic rings. The number of benzene rings is 2. The molecule has 4 aromatic rings. The first-order valence-electron chi connectivity index (χ1n) is 9.84. The van der Waals surface area contributed by atoms with E-state index in [0.717, 1.165) is 49.9 Å². The fourth-order valence-corrected chi connectivity index (χ4v) is 4.60. The van der Waals surface area contributed by atoms with E-state index in [4.69, 9.17) is 4.74 Å². The molecule has 5 rings (SSSR count). The normalized spacial score (nSPS) is 15.7. The second-order valence-corrected chi connectivity index (χ2v) is 8.40. The first-order valence-corrected chi connectivity index (χ1v) is 10.6. The van der Waals surface area contributed by atoms with Crippen molar-refractivity contribution in [1.29, 1.82) is 0 Å². The Morgan fingerprint density at radius 1 is 1.16 bits per heavy atom. The van der Waals surface area contributed by atoms with E-state index in [0.29, 0.717) is 5.69 Å². The van der Waals surface area contributed by atoms with E-state index in [-0.39, 0.29) is 11.4 Å². The monoisotopic (exact) mass is 483 g/mol. The molecule has 2 aromatic heterocycles. The summed E-state index contributed by atoms with van der Waals surface area (Å²) < 4.78 is 7.32. The van der Waals surface area contributed by atoms with Gasteiger partial charge in [0, 0.05) is 21.8 Å². The summed E-state index contributed by atoms with van der Waals surface area (Å²) >= 11 is 3.36. The van der Waals surface area contributed by atoms with Crippen LogP contribution in [0.3, 0.4) is 0 Å². The average Bonchev–Trinajstić information content (AvgIpc) is 3.13. The smallest absolute Gasteiger partial charge is 0.335 e. The molecule has 0 bridgehead atoms. The highest BCUT2D eigenvalue weighted by molar-refractivity contribution is 9.10. The van der Waals surface area contributed by atoms with Crippen LogP contribution < -0.4 is 21.3 Å². The zero-order chi connectivity index (χ0) is 21.7. The second-order valence-electron chi connectivity index (χ2n) is 7.49. The number of nitrogens with two attached hydrogens (primary N) is 1. The minimum atomic E-state index is -0.689. The van der Waals surface area contributed by atoms with Crippen LogP contribution in [0.25, 0.3) is 16.6 Å². The SMILES string of the molecule is COc1ccc2[nH]c3c(c2c1)CC[NH2+][C@H]3c1c(O)n(-c2ccc(Br)cc2)c(=O)[nH]c1=O. The van der Waals surface area contributed by atoms with Crippen LogP contribution in [0.15, 0.2) is 56.5 Å². The largest absolute Gasteiger partial charge is 0.497 e. The Hall–Kier alpha value is -3.30. The van der Waals surface area contributed by atoms with Gasteiger partial charge in [-0.1, -0.05) is 15.9 Å². The third kappa shape index (κ3) is 3.17. The lowest BCUT2D eigenvalue weighted by Gasteiger charge is -2.22. The number of aromatic hydroxyl groups is 1. The summed E-state index contributed by atoms with van der Waals surface area (Å²) in [7, 11) is 1.62. The molecule has 5 N–H and O–H groups in total. The number of quaternary nitrogens is 1. The maximum atomic E-state index is 12.8. The molecule has 9 heteroatoms. The Bertz CT molecular complexity index is 1420. The molecule has 0 fully saturated rings. The first-order chi connectivity index (χ1) is 15.0. The Kier molecular flexibility index (Phi) is 4.71. The standard InChI is InChI=1S/C22H19BrN4O4/c1-31-13-6-7-16-15(10-13)14-8-9-24-19(18(14)25-16)17-20(28)26-22(30)27(21(17)29)12-4-2-11(23)3-5-12/h2-7,10,19,24-25,29H,8-9H2,1H3,(H,26,28,30)/p+1/t19-/m0/s1. The van der Waals surface area contributed by atoms with E-state index in [1.807, 2.05) is 23.5 Å². The van der Waals surface area contributed by atoms with Gasteiger partial charge in [0.05, 0.1) is 25.0 Å². The van der Waals surface area contributed by atoms with Gasteiger partial charge in [0.15, 0.2) is 6.04 Å². The Morgan fingerprint density at radius 2 is 1.94 bits per heavy atom. The van der Waals surface area contributed by atoms with E-state index in [1.165, 1.54) is 0 Å². The lowest BCUT2D eigenvalue weighted by atomic mass is 9.95. The topological polar surface area (TPSA) is 117 Å². The lowest BCUT2D eigenvalue weighted by molar-refractivity contribution is -0.690. The first kappa shape index (κ1) is 19.7. The summed E-state index contributed by atoms with van der Waals surface area (Å²) in [6.07, 6.45) is 0.810. The van der Waals surface area contributed by atoms with E-state index in [1.54, 1.807) is 31.4 Å². The van der Waals surface area contributed by atoms with Gasteiger partial charge in [-0.25, -0.2) is 9.36 Å². The molecule has 8 nitrogen and oxygen atoms in total. The second kappa shape index (κ2) is 7.44. The molecule has 0 spiro atoms. The van der Waals surface area contributed by atoms with Crippen LogP contribution in [0.5, 0.6) is 11.6 Å². The fourth-order valence-electron chi connectivity index (χ4n) is 4.33. The molecule has 1 aliphatic heterocycles. The number of ether oxygens (including phenoxy) is 1. The summed E-state index contributed by atoms with van der Waals surface area (Å²) in [5, 5.41) is 14.1. The summed E-state index contributed by atoms with van der Waals surface area (Å²) in [6, 6.07) is 12.2. The number of hydrogen-bond donors (Lipinski definition) is 4. The third-order valence-electron chi connectivity index (χ3n) is 5.77. The minimum absolute atomic E-state index is 0.141. The van der Waals surface area contributed by atoms with Crippen LogP contribution in [-0.4, -0.2) is 33.3 Å². The molecular formula is C22H20BrN4O4+. The number of aromatic nitrogens is 3. The van der Waals surface area contributed by atoms with Crippen LogP contribution in [0.2, 0.25) is 0 Å². The van der Waals surface area contributed by atoms with E-state index >= 15 is 0 Å². The van der Waals surface area contributed by atoms with Crippen molar-refractivity contribution in [1.82, 2.24) is 14.5 Å². The molecule has 31 heavy (non-hydrogen) atoms.